The molecule has 13 heavy (non-hydrogen) atoms. The molecule has 0 N–H and O–H groups in total. The van der Waals surface area contributed by atoms with Gasteiger partial charge in [-0.2, -0.15) is 0 Å². The van der Waals surface area contributed by atoms with Gasteiger partial charge in [-0.25, -0.2) is 9.48 Å². The molecule has 0 aliphatic rings. The second kappa shape index (κ2) is 4.59. The molecule has 0 radical (unpaired) electrons. The molecule has 1 rings (SSSR count). The summed E-state index contributed by atoms with van der Waals surface area (Å²) in [6, 6.07) is 0. The molecular weight excluding hydrogens is 170 g/mol. The van der Waals surface area contributed by atoms with Crippen molar-refractivity contribution in [3.63, 3.8) is 0 Å². The number of aromatic nitrogens is 3. The Hall–Kier alpha value is -1.39. The normalized spacial score (nSPS) is 10.0. The van der Waals surface area contributed by atoms with Crippen molar-refractivity contribution >= 4 is 5.97 Å². The van der Waals surface area contributed by atoms with Crippen LogP contribution < -0.4 is 0 Å². The van der Waals surface area contributed by atoms with E-state index < -0.39 is 0 Å². The fourth-order valence-electron chi connectivity index (χ4n) is 0.998. The van der Waals surface area contributed by atoms with Crippen molar-refractivity contribution in [2.45, 2.75) is 26.8 Å². The Labute approximate surface area is 76.7 Å². The molecule has 1 heterocycles. The number of hydrogen-bond donors (Lipinski definition) is 0. The quantitative estimate of drug-likeness (QED) is 0.650. The van der Waals surface area contributed by atoms with Gasteiger partial charge in [0.1, 0.15) is 0 Å². The highest BCUT2D eigenvalue weighted by Crippen LogP contribution is 2.00. The third-order valence-corrected chi connectivity index (χ3v) is 1.54. The third kappa shape index (κ3) is 2.27. The second-order valence-electron chi connectivity index (χ2n) is 2.56. The molecule has 0 aliphatic carbocycles. The summed E-state index contributed by atoms with van der Waals surface area (Å²) < 4.78 is 6.39. The number of rotatable bonds is 4. The highest BCUT2D eigenvalue weighted by Gasteiger charge is 2.12. The maximum absolute atomic E-state index is 11.3. The molecule has 0 amide bonds. The largest absolute Gasteiger partial charge is 0.461 e. The molecule has 1 aromatic heterocycles. The first kappa shape index (κ1) is 9.70. The van der Waals surface area contributed by atoms with Gasteiger partial charge in [-0.1, -0.05) is 12.1 Å². The first-order valence-electron chi connectivity index (χ1n) is 4.35. The van der Waals surface area contributed by atoms with Crippen LogP contribution in [0.3, 0.4) is 0 Å². The Morgan fingerprint density at radius 1 is 1.62 bits per heavy atom. The minimum Gasteiger partial charge on any atom is -0.461 e. The van der Waals surface area contributed by atoms with E-state index in [1.165, 1.54) is 6.20 Å². The summed E-state index contributed by atoms with van der Waals surface area (Å²) in [7, 11) is 0. The van der Waals surface area contributed by atoms with E-state index in [9.17, 15) is 4.79 Å². The Kier molecular flexibility index (Phi) is 3.42. The van der Waals surface area contributed by atoms with Crippen molar-refractivity contribution < 1.29 is 9.53 Å². The Bertz CT molecular complexity index is 283. The lowest BCUT2D eigenvalue weighted by molar-refractivity contribution is 0.0511. The zero-order chi connectivity index (χ0) is 9.68. The van der Waals surface area contributed by atoms with Crippen molar-refractivity contribution in [2.75, 3.05) is 6.61 Å². The second-order valence-corrected chi connectivity index (χ2v) is 2.56. The summed E-state index contributed by atoms with van der Waals surface area (Å²) in [6.07, 6.45) is 2.34. The average Bonchev–Trinajstić information content (AvgIpc) is 2.54. The molecule has 0 bridgehead atoms. The Balaban J connectivity index is 2.74. The maximum Gasteiger partial charge on any atom is 0.358 e. The van der Waals surface area contributed by atoms with Crippen molar-refractivity contribution in [1.82, 2.24) is 15.0 Å². The van der Waals surface area contributed by atoms with Crippen LogP contribution in [0.5, 0.6) is 0 Å². The number of ether oxygens (including phenoxy) is 1. The standard InChI is InChI=1S/C8H13N3O2/c1-3-5-11-7(6-9-10-11)8(12)13-4-2/h6H,3-5H2,1-2H3. The maximum atomic E-state index is 11.3. The van der Waals surface area contributed by atoms with E-state index in [4.69, 9.17) is 4.74 Å². The van der Waals surface area contributed by atoms with Crippen molar-refractivity contribution in [1.29, 1.82) is 0 Å². The minimum atomic E-state index is -0.360. The van der Waals surface area contributed by atoms with Gasteiger partial charge in [0.15, 0.2) is 5.69 Å². The summed E-state index contributed by atoms with van der Waals surface area (Å²) in [6.45, 7) is 4.84. The predicted molar refractivity (Wildman–Crippen MR) is 46.3 cm³/mol. The van der Waals surface area contributed by atoms with E-state index in [1.54, 1.807) is 11.6 Å². The Morgan fingerprint density at radius 2 is 2.38 bits per heavy atom. The SMILES string of the molecule is CCCn1nncc1C(=O)OCC. The smallest absolute Gasteiger partial charge is 0.358 e. The molecule has 72 valence electrons. The molecular formula is C8H13N3O2. The molecule has 1 aromatic rings. The lowest BCUT2D eigenvalue weighted by atomic mass is 10.4. The average molecular weight is 183 g/mol. The zero-order valence-electron chi connectivity index (χ0n) is 7.86. The lowest BCUT2D eigenvalue weighted by Crippen LogP contribution is -2.13. The van der Waals surface area contributed by atoms with Crippen LogP contribution in [0.1, 0.15) is 30.8 Å². The highest BCUT2D eigenvalue weighted by atomic mass is 16.5. The van der Waals surface area contributed by atoms with Gasteiger partial charge in [0.05, 0.1) is 12.8 Å². The first-order valence-corrected chi connectivity index (χ1v) is 4.35. The topological polar surface area (TPSA) is 57.0 Å². The van der Waals surface area contributed by atoms with E-state index in [0.717, 1.165) is 6.42 Å². The highest BCUT2D eigenvalue weighted by molar-refractivity contribution is 5.86. The van der Waals surface area contributed by atoms with E-state index in [0.29, 0.717) is 18.8 Å². The fraction of sp³-hybridized carbons (Fsp3) is 0.625. The predicted octanol–water partition coefficient (Wildman–Crippen LogP) is 0.865. The van der Waals surface area contributed by atoms with Crippen LogP contribution in [0.2, 0.25) is 0 Å². The van der Waals surface area contributed by atoms with Crippen LogP contribution in [0, 0.1) is 0 Å². The number of carbonyl (C=O) groups is 1. The summed E-state index contributed by atoms with van der Waals surface area (Å²) in [5.74, 6) is -0.360. The van der Waals surface area contributed by atoms with Crippen molar-refractivity contribution in [3.05, 3.63) is 11.9 Å². The van der Waals surface area contributed by atoms with Gasteiger partial charge >= 0.3 is 5.97 Å². The summed E-state index contributed by atoms with van der Waals surface area (Å²) in [5.41, 5.74) is 0.420. The summed E-state index contributed by atoms with van der Waals surface area (Å²) >= 11 is 0. The van der Waals surface area contributed by atoms with Crippen LogP contribution in [-0.2, 0) is 11.3 Å². The van der Waals surface area contributed by atoms with Crippen LogP contribution in [-0.4, -0.2) is 27.6 Å². The molecule has 5 nitrogen and oxygen atoms in total. The van der Waals surface area contributed by atoms with E-state index >= 15 is 0 Å². The van der Waals surface area contributed by atoms with Gasteiger partial charge in [0.2, 0.25) is 0 Å². The molecule has 0 aromatic carbocycles. The number of carbonyl (C=O) groups excluding carboxylic acids is 1. The van der Waals surface area contributed by atoms with Gasteiger partial charge in [-0.05, 0) is 13.3 Å². The number of aryl methyl sites for hydroxylation is 1. The molecule has 0 fully saturated rings. The van der Waals surface area contributed by atoms with Crippen LogP contribution in [0.4, 0.5) is 0 Å². The van der Waals surface area contributed by atoms with E-state index in [1.807, 2.05) is 6.92 Å². The van der Waals surface area contributed by atoms with Crippen LogP contribution in [0.15, 0.2) is 6.20 Å². The minimum absolute atomic E-state index is 0.360. The first-order chi connectivity index (χ1) is 6.29. The van der Waals surface area contributed by atoms with Crippen molar-refractivity contribution in [2.24, 2.45) is 0 Å². The van der Waals surface area contributed by atoms with Crippen LogP contribution >= 0.6 is 0 Å². The number of esters is 1. The summed E-state index contributed by atoms with van der Waals surface area (Å²) in [4.78, 5) is 11.3. The van der Waals surface area contributed by atoms with E-state index in [2.05, 4.69) is 10.3 Å². The molecule has 0 saturated carbocycles. The van der Waals surface area contributed by atoms with Gasteiger partial charge in [0, 0.05) is 6.54 Å². The van der Waals surface area contributed by atoms with Gasteiger partial charge < -0.3 is 4.74 Å². The summed E-state index contributed by atoms with van der Waals surface area (Å²) in [5, 5.41) is 7.43. The Morgan fingerprint density at radius 3 is 3.00 bits per heavy atom. The molecule has 0 saturated heterocycles. The zero-order valence-corrected chi connectivity index (χ0v) is 7.86. The van der Waals surface area contributed by atoms with Crippen LogP contribution in [0.25, 0.3) is 0 Å². The number of nitrogens with zero attached hydrogens (tertiary/aromatic N) is 3. The third-order valence-electron chi connectivity index (χ3n) is 1.54. The number of hydrogen-bond acceptors (Lipinski definition) is 4. The molecule has 0 atom stereocenters. The lowest BCUT2D eigenvalue weighted by Gasteiger charge is -2.02. The molecule has 0 spiro atoms. The van der Waals surface area contributed by atoms with Gasteiger partial charge in [-0.3, -0.25) is 0 Å². The fourth-order valence-corrected chi connectivity index (χ4v) is 0.998. The monoisotopic (exact) mass is 183 g/mol. The van der Waals surface area contributed by atoms with Gasteiger partial charge in [-0.15, -0.1) is 5.10 Å². The molecule has 0 unspecified atom stereocenters. The molecule has 5 heteroatoms. The molecule has 0 aliphatic heterocycles. The van der Waals surface area contributed by atoms with E-state index in [-0.39, 0.29) is 5.97 Å². The van der Waals surface area contributed by atoms with Crippen molar-refractivity contribution in [3.8, 4) is 0 Å². The van der Waals surface area contributed by atoms with Gasteiger partial charge in [0.25, 0.3) is 0 Å².